The van der Waals surface area contributed by atoms with Gasteiger partial charge in [0.1, 0.15) is 17.4 Å². The molecule has 33 heavy (non-hydrogen) atoms. The molecule has 1 fully saturated rings. The third-order valence-corrected chi connectivity index (χ3v) is 5.74. The highest BCUT2D eigenvalue weighted by Gasteiger charge is 2.50. The van der Waals surface area contributed by atoms with E-state index in [4.69, 9.17) is 14.2 Å². The summed E-state index contributed by atoms with van der Waals surface area (Å²) in [6, 6.07) is 15.3. The van der Waals surface area contributed by atoms with Crippen LogP contribution in [0.1, 0.15) is 49.0 Å². The number of benzene rings is 2. The lowest BCUT2D eigenvalue weighted by atomic mass is 9.82. The van der Waals surface area contributed by atoms with Gasteiger partial charge in [-0.15, -0.1) is 0 Å². The number of esters is 2. The lowest BCUT2D eigenvalue weighted by molar-refractivity contribution is -0.157. The maximum absolute atomic E-state index is 13.4. The summed E-state index contributed by atoms with van der Waals surface area (Å²) >= 11 is 0. The molecule has 1 aliphatic rings. The maximum atomic E-state index is 13.4. The van der Waals surface area contributed by atoms with E-state index in [0.29, 0.717) is 11.3 Å². The molecule has 176 valence electrons. The first-order chi connectivity index (χ1) is 15.7. The zero-order valence-corrected chi connectivity index (χ0v) is 19.7. The molecule has 3 rings (SSSR count). The fourth-order valence-electron chi connectivity index (χ4n) is 4.42. The number of methoxy groups -OCH3 is 2. The largest absolute Gasteiger partial charge is 0.496 e. The van der Waals surface area contributed by atoms with Gasteiger partial charge in [0.25, 0.3) is 5.91 Å². The Morgan fingerprint density at radius 3 is 2.21 bits per heavy atom. The monoisotopic (exact) mass is 453 g/mol. The first-order valence-corrected chi connectivity index (χ1v) is 10.9. The van der Waals surface area contributed by atoms with Crippen molar-refractivity contribution in [3.8, 4) is 5.75 Å². The fourth-order valence-corrected chi connectivity index (χ4v) is 4.42. The van der Waals surface area contributed by atoms with Crippen LogP contribution in [0, 0.1) is 5.92 Å². The predicted octanol–water partition coefficient (Wildman–Crippen LogP) is 3.82. The molecule has 0 bridgehead atoms. The van der Waals surface area contributed by atoms with E-state index in [1.54, 1.807) is 52.1 Å². The minimum atomic E-state index is -0.940. The SMILES string of the molecule is COC(=O)[C@H]1[C@@H](CC(=O)OC(C)(C)C)[C@@H](c2ccccc2OC)CN1C(=O)c1ccccc1. The quantitative estimate of drug-likeness (QED) is 0.619. The van der Waals surface area contributed by atoms with Crippen molar-refractivity contribution in [1.29, 1.82) is 0 Å². The second-order valence-electron chi connectivity index (χ2n) is 9.09. The number of para-hydroxylation sites is 1. The highest BCUT2D eigenvalue weighted by molar-refractivity contribution is 5.97. The van der Waals surface area contributed by atoms with Crippen LogP contribution in [0.15, 0.2) is 54.6 Å². The minimum absolute atomic E-state index is 0.0433. The number of hydrogen-bond donors (Lipinski definition) is 0. The lowest BCUT2D eigenvalue weighted by Crippen LogP contribution is -2.44. The van der Waals surface area contributed by atoms with Crippen molar-refractivity contribution in [3.63, 3.8) is 0 Å². The molecule has 0 aromatic heterocycles. The second-order valence-corrected chi connectivity index (χ2v) is 9.09. The first-order valence-electron chi connectivity index (χ1n) is 10.9. The summed E-state index contributed by atoms with van der Waals surface area (Å²) in [6.07, 6.45) is -0.0433. The van der Waals surface area contributed by atoms with Crippen LogP contribution in [0.2, 0.25) is 0 Å². The summed E-state index contributed by atoms with van der Waals surface area (Å²) in [4.78, 5) is 40.8. The highest BCUT2D eigenvalue weighted by Crippen LogP contribution is 2.44. The van der Waals surface area contributed by atoms with Crippen molar-refractivity contribution in [2.24, 2.45) is 5.92 Å². The van der Waals surface area contributed by atoms with Crippen LogP contribution in [-0.2, 0) is 19.1 Å². The van der Waals surface area contributed by atoms with Crippen LogP contribution < -0.4 is 4.74 Å². The molecule has 3 atom stereocenters. The van der Waals surface area contributed by atoms with Crippen molar-refractivity contribution in [2.75, 3.05) is 20.8 Å². The van der Waals surface area contributed by atoms with E-state index in [-0.39, 0.29) is 24.8 Å². The maximum Gasteiger partial charge on any atom is 0.328 e. The molecule has 2 aromatic carbocycles. The van der Waals surface area contributed by atoms with E-state index in [2.05, 4.69) is 0 Å². The summed E-state index contributed by atoms with van der Waals surface area (Å²) < 4.78 is 16.2. The molecule has 0 radical (unpaired) electrons. The van der Waals surface area contributed by atoms with E-state index < -0.39 is 29.5 Å². The van der Waals surface area contributed by atoms with Gasteiger partial charge in [-0.3, -0.25) is 9.59 Å². The van der Waals surface area contributed by atoms with Gasteiger partial charge in [0.2, 0.25) is 0 Å². The van der Waals surface area contributed by atoms with Gasteiger partial charge in [0.15, 0.2) is 0 Å². The number of hydrogen-bond acceptors (Lipinski definition) is 6. The number of likely N-dealkylation sites (tertiary alicyclic amines) is 1. The summed E-state index contributed by atoms with van der Waals surface area (Å²) in [7, 11) is 2.86. The lowest BCUT2D eigenvalue weighted by Gasteiger charge is -2.27. The Balaban J connectivity index is 2.06. The Bertz CT molecular complexity index is 997. The molecule has 0 spiro atoms. The van der Waals surface area contributed by atoms with Crippen molar-refractivity contribution in [1.82, 2.24) is 4.90 Å². The molecular formula is C26H31NO6. The number of carbonyl (C=O) groups is 3. The Hall–Kier alpha value is -3.35. The van der Waals surface area contributed by atoms with E-state index in [0.717, 1.165) is 5.56 Å². The normalized spacial score (nSPS) is 20.3. The number of ether oxygens (including phenoxy) is 3. The van der Waals surface area contributed by atoms with Crippen molar-refractivity contribution in [2.45, 2.75) is 44.8 Å². The van der Waals surface area contributed by atoms with Gasteiger partial charge in [-0.25, -0.2) is 4.79 Å². The topological polar surface area (TPSA) is 82.1 Å². The minimum Gasteiger partial charge on any atom is -0.496 e. The Morgan fingerprint density at radius 2 is 1.61 bits per heavy atom. The van der Waals surface area contributed by atoms with E-state index >= 15 is 0 Å². The first kappa shape index (κ1) is 24.3. The highest BCUT2D eigenvalue weighted by atomic mass is 16.6. The van der Waals surface area contributed by atoms with Gasteiger partial charge in [-0.05, 0) is 44.5 Å². The van der Waals surface area contributed by atoms with Gasteiger partial charge in [0, 0.05) is 23.9 Å². The molecule has 0 saturated carbocycles. The predicted molar refractivity (Wildman–Crippen MR) is 123 cm³/mol. The van der Waals surface area contributed by atoms with Crippen molar-refractivity contribution < 1.29 is 28.6 Å². The standard InChI is InChI=1S/C26H31NO6/c1-26(2,3)33-22(28)15-19-20(18-13-9-10-14-21(18)31-4)16-27(23(19)25(30)32-5)24(29)17-11-7-6-8-12-17/h6-14,19-20,23H,15-16H2,1-5H3/t19-,20+,23+/m0/s1. The zero-order chi connectivity index (χ0) is 24.2. The van der Waals surface area contributed by atoms with Crippen LogP contribution in [0.5, 0.6) is 5.75 Å². The van der Waals surface area contributed by atoms with E-state index in [1.807, 2.05) is 30.3 Å². The van der Waals surface area contributed by atoms with Crippen LogP contribution in [0.3, 0.4) is 0 Å². The van der Waals surface area contributed by atoms with Gasteiger partial charge in [-0.1, -0.05) is 36.4 Å². The second kappa shape index (κ2) is 10.1. The Morgan fingerprint density at radius 1 is 0.970 bits per heavy atom. The number of nitrogens with zero attached hydrogens (tertiary/aromatic N) is 1. The molecule has 7 heteroatoms. The number of rotatable bonds is 6. The number of carbonyl (C=O) groups excluding carboxylic acids is 3. The molecule has 1 saturated heterocycles. The summed E-state index contributed by atoms with van der Waals surface area (Å²) in [6.45, 7) is 5.61. The summed E-state index contributed by atoms with van der Waals surface area (Å²) in [5.41, 5.74) is 0.615. The molecule has 1 amide bonds. The molecule has 1 heterocycles. The van der Waals surface area contributed by atoms with Crippen LogP contribution in [-0.4, -0.2) is 55.2 Å². The van der Waals surface area contributed by atoms with Crippen LogP contribution in [0.4, 0.5) is 0 Å². The smallest absolute Gasteiger partial charge is 0.328 e. The zero-order valence-electron chi connectivity index (χ0n) is 19.7. The van der Waals surface area contributed by atoms with Gasteiger partial charge in [-0.2, -0.15) is 0 Å². The van der Waals surface area contributed by atoms with Gasteiger partial charge >= 0.3 is 11.9 Å². The van der Waals surface area contributed by atoms with Crippen molar-refractivity contribution in [3.05, 3.63) is 65.7 Å². The Labute approximate surface area is 194 Å². The third kappa shape index (κ3) is 5.53. The van der Waals surface area contributed by atoms with E-state index in [9.17, 15) is 14.4 Å². The fraction of sp³-hybridized carbons (Fsp3) is 0.423. The van der Waals surface area contributed by atoms with Crippen molar-refractivity contribution >= 4 is 17.8 Å². The average Bonchev–Trinajstić information content (AvgIpc) is 3.15. The Kier molecular flexibility index (Phi) is 7.41. The van der Waals surface area contributed by atoms with Gasteiger partial charge < -0.3 is 19.1 Å². The summed E-state index contributed by atoms with van der Waals surface area (Å²) in [5, 5.41) is 0. The molecule has 0 N–H and O–H groups in total. The average molecular weight is 454 g/mol. The molecule has 0 aliphatic carbocycles. The van der Waals surface area contributed by atoms with E-state index in [1.165, 1.54) is 12.0 Å². The molecular weight excluding hydrogens is 422 g/mol. The van der Waals surface area contributed by atoms with Crippen LogP contribution >= 0.6 is 0 Å². The number of amides is 1. The van der Waals surface area contributed by atoms with Crippen LogP contribution in [0.25, 0.3) is 0 Å². The molecule has 2 aromatic rings. The molecule has 7 nitrogen and oxygen atoms in total. The van der Waals surface area contributed by atoms with Gasteiger partial charge in [0.05, 0.1) is 20.6 Å². The molecule has 1 aliphatic heterocycles. The molecule has 0 unspecified atom stereocenters. The summed E-state index contributed by atoms with van der Waals surface area (Å²) in [5.74, 6) is -1.53. The third-order valence-electron chi connectivity index (χ3n) is 5.74.